The summed E-state index contributed by atoms with van der Waals surface area (Å²) >= 11 is 1.73. The normalized spacial score (nSPS) is 19.1. The second-order valence-corrected chi connectivity index (χ2v) is 6.38. The lowest BCUT2D eigenvalue weighted by Crippen LogP contribution is -2.22. The van der Waals surface area contributed by atoms with Crippen molar-refractivity contribution in [3.63, 3.8) is 0 Å². The maximum Gasteiger partial charge on any atom is 0.151 e. The number of nitrogens with zero attached hydrogens (tertiary/aromatic N) is 1. The Labute approximate surface area is 107 Å². The number of hydrogen-bond donors (Lipinski definition) is 0. The zero-order valence-corrected chi connectivity index (χ0v) is 11.3. The molecule has 0 fully saturated rings. The summed E-state index contributed by atoms with van der Waals surface area (Å²) < 4.78 is 0. The Balaban J connectivity index is 2.10. The van der Waals surface area contributed by atoms with Crippen LogP contribution in [0.25, 0.3) is 0 Å². The number of thioether (sulfide) groups is 1. The molecule has 0 aliphatic heterocycles. The van der Waals surface area contributed by atoms with Crippen LogP contribution >= 0.6 is 11.8 Å². The fourth-order valence-corrected chi connectivity index (χ4v) is 2.97. The molecule has 17 heavy (non-hydrogen) atoms. The molecule has 0 aromatic carbocycles. The van der Waals surface area contributed by atoms with Crippen molar-refractivity contribution in [3.8, 4) is 0 Å². The highest BCUT2D eigenvalue weighted by molar-refractivity contribution is 8.00. The van der Waals surface area contributed by atoms with E-state index in [9.17, 15) is 4.79 Å². The summed E-state index contributed by atoms with van der Waals surface area (Å²) in [5.74, 6) is 1.02. The van der Waals surface area contributed by atoms with E-state index in [0.717, 1.165) is 25.0 Å². The Hall–Kier alpha value is -0.830. The van der Waals surface area contributed by atoms with Crippen LogP contribution in [0.4, 0.5) is 0 Å². The summed E-state index contributed by atoms with van der Waals surface area (Å²) in [5, 5.41) is 0.519. The lowest BCUT2D eigenvalue weighted by Gasteiger charge is -2.23. The van der Waals surface area contributed by atoms with Crippen molar-refractivity contribution in [1.82, 2.24) is 4.98 Å². The number of fused-ring (bicyclic) bond motifs is 1. The highest BCUT2D eigenvalue weighted by Gasteiger charge is 2.27. The Bertz CT molecular complexity index is 403. The quantitative estimate of drug-likeness (QED) is 0.820. The SMILES string of the molecule is CC(C)SCC(=O)C1CCCc2cccnc21. The van der Waals surface area contributed by atoms with Crippen LogP contribution in [0.2, 0.25) is 0 Å². The lowest BCUT2D eigenvalue weighted by molar-refractivity contribution is -0.118. The van der Waals surface area contributed by atoms with Crippen molar-refractivity contribution in [2.75, 3.05) is 5.75 Å². The minimum atomic E-state index is 0.0474. The molecule has 1 aromatic heterocycles. The molecule has 0 radical (unpaired) electrons. The molecule has 2 nitrogen and oxygen atoms in total. The van der Waals surface area contributed by atoms with Gasteiger partial charge in [-0.1, -0.05) is 19.9 Å². The van der Waals surface area contributed by atoms with Crippen LogP contribution in [-0.4, -0.2) is 21.8 Å². The molecule has 1 aliphatic rings. The number of aryl methyl sites for hydroxylation is 1. The van der Waals surface area contributed by atoms with Gasteiger partial charge >= 0.3 is 0 Å². The molecule has 0 saturated carbocycles. The molecule has 0 spiro atoms. The van der Waals surface area contributed by atoms with Gasteiger partial charge in [0.15, 0.2) is 5.78 Å². The molecule has 0 saturated heterocycles. The van der Waals surface area contributed by atoms with Crippen molar-refractivity contribution >= 4 is 17.5 Å². The van der Waals surface area contributed by atoms with Crippen LogP contribution in [0.3, 0.4) is 0 Å². The number of carbonyl (C=O) groups excluding carboxylic acids is 1. The maximum absolute atomic E-state index is 12.2. The fourth-order valence-electron chi connectivity index (χ4n) is 2.27. The molecular weight excluding hydrogens is 230 g/mol. The van der Waals surface area contributed by atoms with Crippen LogP contribution in [0.15, 0.2) is 18.3 Å². The molecule has 2 rings (SSSR count). The van der Waals surface area contributed by atoms with Crippen molar-refractivity contribution in [2.24, 2.45) is 0 Å². The van der Waals surface area contributed by atoms with Crippen LogP contribution in [0.5, 0.6) is 0 Å². The number of aromatic nitrogens is 1. The zero-order valence-electron chi connectivity index (χ0n) is 10.5. The van der Waals surface area contributed by atoms with Crippen molar-refractivity contribution in [3.05, 3.63) is 29.6 Å². The number of ketones is 1. The van der Waals surface area contributed by atoms with E-state index in [1.165, 1.54) is 5.56 Å². The van der Waals surface area contributed by atoms with E-state index in [0.29, 0.717) is 16.8 Å². The van der Waals surface area contributed by atoms with E-state index in [1.54, 1.807) is 18.0 Å². The number of rotatable bonds is 4. The van der Waals surface area contributed by atoms with Gasteiger partial charge in [0.1, 0.15) is 0 Å². The molecular formula is C14H19NOS. The van der Waals surface area contributed by atoms with Gasteiger partial charge in [0, 0.05) is 6.20 Å². The van der Waals surface area contributed by atoms with Gasteiger partial charge in [0.2, 0.25) is 0 Å². The smallest absolute Gasteiger partial charge is 0.151 e. The van der Waals surface area contributed by atoms with Crippen LogP contribution < -0.4 is 0 Å². The Kier molecular flexibility index (Phi) is 4.21. The van der Waals surface area contributed by atoms with Crippen molar-refractivity contribution in [2.45, 2.75) is 44.3 Å². The van der Waals surface area contributed by atoms with Gasteiger partial charge in [-0.2, -0.15) is 11.8 Å². The molecule has 0 N–H and O–H groups in total. The van der Waals surface area contributed by atoms with E-state index < -0.39 is 0 Å². The Morgan fingerprint density at radius 2 is 2.41 bits per heavy atom. The topological polar surface area (TPSA) is 30.0 Å². The third kappa shape index (κ3) is 3.09. The Morgan fingerprint density at radius 1 is 1.59 bits per heavy atom. The number of Topliss-reactive ketones (excluding diaryl/α,β-unsaturated/α-hetero) is 1. The average Bonchev–Trinajstić information content (AvgIpc) is 2.35. The first kappa shape index (κ1) is 12.6. The standard InChI is InChI=1S/C14H19NOS/c1-10(2)17-9-13(16)12-7-3-5-11-6-4-8-15-14(11)12/h4,6,8,10,12H,3,5,7,9H2,1-2H3. The van der Waals surface area contributed by atoms with Gasteiger partial charge in [-0.15, -0.1) is 0 Å². The summed E-state index contributed by atoms with van der Waals surface area (Å²) in [7, 11) is 0. The first-order valence-corrected chi connectivity index (χ1v) is 7.31. The minimum Gasteiger partial charge on any atom is -0.298 e. The fraction of sp³-hybridized carbons (Fsp3) is 0.571. The predicted octanol–water partition coefficient (Wildman–Crippen LogP) is 3.21. The largest absolute Gasteiger partial charge is 0.298 e. The molecule has 1 atom stereocenters. The monoisotopic (exact) mass is 249 g/mol. The first-order valence-electron chi connectivity index (χ1n) is 6.26. The van der Waals surface area contributed by atoms with Crippen molar-refractivity contribution in [1.29, 1.82) is 0 Å². The molecule has 0 amide bonds. The van der Waals surface area contributed by atoms with Crippen LogP contribution in [0, 0.1) is 0 Å². The van der Waals surface area contributed by atoms with E-state index in [2.05, 4.69) is 24.9 Å². The van der Waals surface area contributed by atoms with E-state index >= 15 is 0 Å². The van der Waals surface area contributed by atoms with E-state index in [-0.39, 0.29) is 5.92 Å². The second-order valence-electron chi connectivity index (χ2n) is 4.82. The lowest BCUT2D eigenvalue weighted by atomic mass is 9.84. The minimum absolute atomic E-state index is 0.0474. The number of hydrogen-bond acceptors (Lipinski definition) is 3. The summed E-state index contributed by atoms with van der Waals surface area (Å²) in [6.07, 6.45) is 4.97. The summed E-state index contributed by atoms with van der Waals surface area (Å²) in [6, 6.07) is 4.08. The van der Waals surface area contributed by atoms with Gasteiger partial charge in [0.05, 0.1) is 17.4 Å². The summed E-state index contributed by atoms with van der Waals surface area (Å²) in [6.45, 7) is 4.26. The first-order chi connectivity index (χ1) is 8.18. The summed E-state index contributed by atoms with van der Waals surface area (Å²) in [5.41, 5.74) is 2.31. The van der Waals surface area contributed by atoms with E-state index in [1.807, 2.05) is 6.07 Å². The molecule has 1 heterocycles. The van der Waals surface area contributed by atoms with Crippen LogP contribution in [0.1, 0.15) is 43.9 Å². The molecule has 1 aliphatic carbocycles. The van der Waals surface area contributed by atoms with Gasteiger partial charge in [0.25, 0.3) is 0 Å². The number of pyridine rings is 1. The highest BCUT2D eigenvalue weighted by Crippen LogP contribution is 2.31. The molecule has 1 unspecified atom stereocenters. The van der Waals surface area contributed by atoms with Gasteiger partial charge in [-0.05, 0) is 36.1 Å². The second kappa shape index (κ2) is 5.67. The number of carbonyl (C=O) groups is 1. The highest BCUT2D eigenvalue weighted by atomic mass is 32.2. The molecule has 1 aromatic rings. The average molecular weight is 249 g/mol. The third-order valence-electron chi connectivity index (χ3n) is 3.14. The molecule has 3 heteroatoms. The molecule has 92 valence electrons. The summed E-state index contributed by atoms with van der Waals surface area (Å²) in [4.78, 5) is 16.6. The maximum atomic E-state index is 12.2. The predicted molar refractivity (Wildman–Crippen MR) is 72.5 cm³/mol. The van der Waals surface area contributed by atoms with Gasteiger partial charge in [-0.3, -0.25) is 9.78 Å². The zero-order chi connectivity index (χ0) is 12.3. The third-order valence-corrected chi connectivity index (χ3v) is 4.26. The Morgan fingerprint density at radius 3 is 3.18 bits per heavy atom. The van der Waals surface area contributed by atoms with Crippen LogP contribution in [-0.2, 0) is 11.2 Å². The van der Waals surface area contributed by atoms with Crippen molar-refractivity contribution < 1.29 is 4.79 Å². The van der Waals surface area contributed by atoms with E-state index in [4.69, 9.17) is 0 Å². The van der Waals surface area contributed by atoms with Gasteiger partial charge in [-0.25, -0.2) is 0 Å². The molecule has 0 bridgehead atoms. The van der Waals surface area contributed by atoms with Gasteiger partial charge < -0.3 is 0 Å².